The van der Waals surface area contributed by atoms with Gasteiger partial charge >= 0.3 is 0 Å². The predicted octanol–water partition coefficient (Wildman–Crippen LogP) is 3.87. The molecule has 8 heteroatoms. The van der Waals surface area contributed by atoms with Gasteiger partial charge in [-0.3, -0.25) is 9.59 Å². The number of ether oxygens (including phenoxy) is 2. The summed E-state index contributed by atoms with van der Waals surface area (Å²) in [5.74, 6) is -0.820. The molecule has 1 atom stereocenters. The number of likely N-dealkylation sites (tertiary alicyclic amines) is 1. The van der Waals surface area contributed by atoms with E-state index in [1.54, 1.807) is 30.3 Å². The van der Waals surface area contributed by atoms with E-state index < -0.39 is 17.7 Å². The molecule has 0 aromatic heterocycles. The largest absolute Gasteiger partial charge is 0.507 e. The van der Waals surface area contributed by atoms with Gasteiger partial charge in [0.2, 0.25) is 0 Å². The molecule has 1 aliphatic rings. The molecule has 0 radical (unpaired) electrons. The summed E-state index contributed by atoms with van der Waals surface area (Å²) >= 11 is 0. The van der Waals surface area contributed by atoms with Crippen molar-refractivity contribution in [2.45, 2.75) is 32.7 Å². The van der Waals surface area contributed by atoms with Gasteiger partial charge in [-0.1, -0.05) is 19.4 Å². The van der Waals surface area contributed by atoms with E-state index in [-0.39, 0.29) is 29.4 Å². The van der Waals surface area contributed by atoms with Crippen LogP contribution >= 0.6 is 0 Å². The summed E-state index contributed by atoms with van der Waals surface area (Å²) in [7, 11) is 5.18. The number of aliphatic hydroxyl groups is 1. The van der Waals surface area contributed by atoms with Gasteiger partial charge in [0, 0.05) is 18.7 Å². The van der Waals surface area contributed by atoms with Gasteiger partial charge in [-0.05, 0) is 68.9 Å². The van der Waals surface area contributed by atoms with Gasteiger partial charge in [-0.2, -0.15) is 0 Å². The molecule has 0 bridgehead atoms. The van der Waals surface area contributed by atoms with Gasteiger partial charge in [0.25, 0.3) is 11.7 Å². The first kappa shape index (κ1) is 26.1. The summed E-state index contributed by atoms with van der Waals surface area (Å²) < 4.78 is 11.0. The smallest absolute Gasteiger partial charge is 0.295 e. The molecule has 2 aromatic carbocycles. The Balaban J connectivity index is 2.10. The van der Waals surface area contributed by atoms with Crippen LogP contribution in [0.4, 0.5) is 0 Å². The number of rotatable bonds is 10. The molecule has 2 aromatic rings. The fourth-order valence-corrected chi connectivity index (χ4v) is 4.07. The average Bonchev–Trinajstić information content (AvgIpc) is 3.08. The predicted molar refractivity (Wildman–Crippen MR) is 134 cm³/mol. The Morgan fingerprint density at radius 2 is 1.86 bits per heavy atom. The maximum absolute atomic E-state index is 13.2. The Hall–Kier alpha value is -3.52. The van der Waals surface area contributed by atoms with Crippen molar-refractivity contribution >= 4 is 17.4 Å². The van der Waals surface area contributed by atoms with Gasteiger partial charge in [0.1, 0.15) is 11.5 Å². The quantitative estimate of drug-likeness (QED) is 0.230. The minimum absolute atomic E-state index is 0.000510. The number of unbranched alkanes of at least 4 members (excludes halogenated alkanes) is 1. The molecule has 1 aliphatic heterocycles. The van der Waals surface area contributed by atoms with Gasteiger partial charge in [-0.15, -0.1) is 0 Å². The van der Waals surface area contributed by atoms with Crippen molar-refractivity contribution in [2.24, 2.45) is 0 Å². The fourth-order valence-electron chi connectivity index (χ4n) is 4.07. The zero-order valence-electron chi connectivity index (χ0n) is 21.0. The molecule has 0 unspecified atom stereocenters. The fraction of sp³-hybridized carbons (Fsp3) is 0.407. The summed E-state index contributed by atoms with van der Waals surface area (Å²) in [4.78, 5) is 29.6. The number of methoxy groups -OCH3 is 1. The number of carbonyl (C=O) groups is 2. The maximum Gasteiger partial charge on any atom is 0.295 e. The van der Waals surface area contributed by atoms with Crippen molar-refractivity contribution in [2.75, 3.05) is 40.9 Å². The molecular formula is C27H34N2O6. The van der Waals surface area contributed by atoms with E-state index >= 15 is 0 Å². The highest BCUT2D eigenvalue weighted by atomic mass is 16.5. The second-order valence-electron chi connectivity index (χ2n) is 8.91. The second kappa shape index (κ2) is 11.3. The summed E-state index contributed by atoms with van der Waals surface area (Å²) in [6, 6.07) is 9.03. The molecule has 1 amide bonds. The maximum atomic E-state index is 13.2. The van der Waals surface area contributed by atoms with Crippen molar-refractivity contribution in [1.29, 1.82) is 0 Å². The molecule has 1 saturated heterocycles. The number of aliphatic hydroxyl groups excluding tert-OH is 1. The summed E-state index contributed by atoms with van der Waals surface area (Å²) in [6.45, 7) is 5.37. The molecule has 8 nitrogen and oxygen atoms in total. The van der Waals surface area contributed by atoms with Crippen LogP contribution < -0.4 is 9.47 Å². The van der Waals surface area contributed by atoms with E-state index in [0.29, 0.717) is 30.0 Å². The van der Waals surface area contributed by atoms with E-state index in [1.165, 1.54) is 18.1 Å². The number of carbonyl (C=O) groups excluding carboxylic acids is 2. The standard InChI is InChI=1S/C27H34N2O6/c1-6-7-14-35-21-11-9-19(15-17(21)2)25(31)23-24(18-8-10-20(30)22(16-18)34-5)29(13-12-28(3)4)27(33)26(23)32/h8-11,15-16,24,30-31H,6-7,12-14H2,1-5H3/b25-23+/t24-/m1/s1. The third kappa shape index (κ3) is 5.59. The van der Waals surface area contributed by atoms with Crippen molar-refractivity contribution in [3.05, 3.63) is 58.7 Å². The van der Waals surface area contributed by atoms with Crippen molar-refractivity contribution in [3.8, 4) is 17.2 Å². The van der Waals surface area contributed by atoms with Crippen LogP contribution in [-0.4, -0.2) is 72.6 Å². The highest BCUT2D eigenvalue weighted by molar-refractivity contribution is 6.46. The molecule has 35 heavy (non-hydrogen) atoms. The monoisotopic (exact) mass is 482 g/mol. The number of nitrogens with zero attached hydrogens (tertiary/aromatic N) is 2. The van der Waals surface area contributed by atoms with Crippen molar-refractivity contribution < 1.29 is 29.3 Å². The third-order valence-corrected chi connectivity index (χ3v) is 6.05. The number of hydrogen-bond donors (Lipinski definition) is 2. The van der Waals surface area contributed by atoms with Gasteiger partial charge in [0.05, 0.1) is 25.3 Å². The van der Waals surface area contributed by atoms with Crippen LogP contribution in [0.2, 0.25) is 0 Å². The van der Waals surface area contributed by atoms with Crippen molar-refractivity contribution in [1.82, 2.24) is 9.80 Å². The summed E-state index contributed by atoms with van der Waals surface area (Å²) in [6.07, 6.45) is 1.96. The van der Waals surface area contributed by atoms with Gasteiger partial charge in [0.15, 0.2) is 11.5 Å². The Morgan fingerprint density at radius 1 is 1.11 bits per heavy atom. The van der Waals surface area contributed by atoms with Crippen LogP contribution in [0.5, 0.6) is 17.2 Å². The van der Waals surface area contributed by atoms with Crippen LogP contribution in [-0.2, 0) is 9.59 Å². The third-order valence-electron chi connectivity index (χ3n) is 6.05. The van der Waals surface area contributed by atoms with E-state index in [1.807, 2.05) is 25.9 Å². The Morgan fingerprint density at radius 3 is 2.49 bits per heavy atom. The highest BCUT2D eigenvalue weighted by Gasteiger charge is 2.46. The Bertz CT molecular complexity index is 1120. The lowest BCUT2D eigenvalue weighted by Gasteiger charge is -2.27. The number of Topliss-reactive ketones (excluding diaryl/α,β-unsaturated/α-hetero) is 1. The SMILES string of the molecule is CCCCOc1ccc(/C(O)=C2\C(=O)C(=O)N(CCN(C)C)[C@@H]2c2ccc(O)c(OC)c2)cc1C. The number of phenolic OH excluding ortho intramolecular Hbond substituents is 1. The highest BCUT2D eigenvalue weighted by Crippen LogP contribution is 2.42. The number of aromatic hydroxyl groups is 1. The van der Waals surface area contributed by atoms with Crippen LogP contribution in [0.25, 0.3) is 5.76 Å². The first-order valence-electron chi connectivity index (χ1n) is 11.7. The number of hydrogen-bond acceptors (Lipinski definition) is 7. The van der Waals surface area contributed by atoms with Crippen LogP contribution in [0.1, 0.15) is 42.5 Å². The normalized spacial score (nSPS) is 17.3. The molecular weight excluding hydrogens is 448 g/mol. The minimum atomic E-state index is -0.828. The lowest BCUT2D eigenvalue weighted by Crippen LogP contribution is -2.35. The van der Waals surface area contributed by atoms with Gasteiger partial charge < -0.3 is 29.5 Å². The van der Waals surface area contributed by atoms with E-state index in [0.717, 1.165) is 18.4 Å². The number of benzene rings is 2. The van der Waals surface area contributed by atoms with Gasteiger partial charge in [-0.25, -0.2) is 0 Å². The first-order chi connectivity index (χ1) is 16.7. The molecule has 1 heterocycles. The molecule has 0 spiro atoms. The molecule has 0 aliphatic carbocycles. The molecule has 0 saturated carbocycles. The molecule has 188 valence electrons. The first-order valence-corrected chi connectivity index (χ1v) is 11.7. The van der Waals surface area contributed by atoms with Crippen LogP contribution in [0.3, 0.4) is 0 Å². The lowest BCUT2D eigenvalue weighted by molar-refractivity contribution is -0.140. The molecule has 3 rings (SSSR count). The Labute approximate surface area is 206 Å². The number of likely N-dealkylation sites (N-methyl/N-ethyl adjacent to an activating group) is 1. The lowest BCUT2D eigenvalue weighted by atomic mass is 9.94. The average molecular weight is 483 g/mol. The van der Waals surface area contributed by atoms with Crippen LogP contribution in [0, 0.1) is 6.92 Å². The summed E-state index contributed by atoms with van der Waals surface area (Å²) in [5, 5.41) is 21.4. The minimum Gasteiger partial charge on any atom is -0.507 e. The number of ketones is 1. The Kier molecular flexibility index (Phi) is 8.40. The van der Waals surface area contributed by atoms with E-state index in [4.69, 9.17) is 9.47 Å². The number of aryl methyl sites for hydroxylation is 1. The number of phenols is 1. The summed E-state index contributed by atoms with van der Waals surface area (Å²) in [5.41, 5.74) is 1.79. The van der Waals surface area contributed by atoms with E-state index in [9.17, 15) is 19.8 Å². The van der Waals surface area contributed by atoms with Crippen molar-refractivity contribution in [3.63, 3.8) is 0 Å². The topological polar surface area (TPSA) is 99.5 Å². The zero-order valence-corrected chi connectivity index (χ0v) is 21.0. The zero-order chi connectivity index (χ0) is 25.7. The van der Waals surface area contributed by atoms with E-state index in [2.05, 4.69) is 6.92 Å². The number of amides is 1. The molecule has 2 N–H and O–H groups in total. The molecule has 1 fully saturated rings. The second-order valence-corrected chi connectivity index (χ2v) is 8.91. The van der Waals surface area contributed by atoms with Crippen LogP contribution in [0.15, 0.2) is 42.0 Å².